The summed E-state index contributed by atoms with van der Waals surface area (Å²) in [5.41, 5.74) is 0. The van der Waals surface area contributed by atoms with Crippen molar-refractivity contribution in [3.63, 3.8) is 0 Å². The van der Waals surface area contributed by atoms with E-state index < -0.39 is 0 Å². The fraction of sp³-hybridized carbons (Fsp3) is 0.400. The van der Waals surface area contributed by atoms with Crippen LogP contribution in [0.2, 0.25) is 0 Å². The first-order valence-electron chi connectivity index (χ1n) is 8.75. The molecular weight excluding hydrogens is 315 g/mol. The highest BCUT2D eigenvalue weighted by Gasteiger charge is 2.10. The molecule has 0 aliphatic carbocycles. The summed E-state index contributed by atoms with van der Waals surface area (Å²) in [6.07, 6.45) is 0. The van der Waals surface area contributed by atoms with Crippen molar-refractivity contribution in [3.05, 3.63) is 48.5 Å². The Labute approximate surface area is 151 Å². The van der Waals surface area contributed by atoms with Gasteiger partial charge in [-0.2, -0.15) is 0 Å². The molecule has 0 saturated carbocycles. The molecule has 0 heterocycles. The zero-order valence-corrected chi connectivity index (χ0v) is 15.5. The summed E-state index contributed by atoms with van der Waals surface area (Å²) in [5.74, 6) is 3.70. The SMILES string of the molecule is CC(C)COc1ccccc1OBOc1ccccc1OCC(C)C. The molecule has 0 saturated heterocycles. The van der Waals surface area contributed by atoms with Gasteiger partial charge in [-0.05, 0) is 36.1 Å². The molecule has 2 aromatic carbocycles. The third-order valence-electron chi connectivity index (χ3n) is 3.27. The Hall–Kier alpha value is -2.30. The van der Waals surface area contributed by atoms with Crippen molar-refractivity contribution in [1.29, 1.82) is 0 Å². The van der Waals surface area contributed by atoms with Crippen molar-refractivity contribution in [2.24, 2.45) is 11.8 Å². The van der Waals surface area contributed by atoms with Crippen LogP contribution < -0.4 is 18.8 Å². The minimum Gasteiger partial charge on any atom is -0.526 e. The number of rotatable bonds is 10. The monoisotopic (exact) mass is 342 g/mol. The largest absolute Gasteiger partial charge is 0.576 e. The summed E-state index contributed by atoms with van der Waals surface area (Å²) < 4.78 is 23.1. The molecular formula is C20H27BO4. The minimum atomic E-state index is 0.0874. The van der Waals surface area contributed by atoms with E-state index in [9.17, 15) is 0 Å². The van der Waals surface area contributed by atoms with Gasteiger partial charge in [-0.1, -0.05) is 52.0 Å². The predicted molar refractivity (Wildman–Crippen MR) is 102 cm³/mol. The van der Waals surface area contributed by atoms with Crippen LogP contribution in [0, 0.1) is 11.8 Å². The molecule has 0 N–H and O–H groups in total. The van der Waals surface area contributed by atoms with Crippen molar-refractivity contribution in [1.82, 2.24) is 0 Å². The summed E-state index contributed by atoms with van der Waals surface area (Å²) in [6, 6.07) is 15.2. The molecule has 0 spiro atoms. The second-order valence-corrected chi connectivity index (χ2v) is 6.71. The van der Waals surface area contributed by atoms with E-state index in [2.05, 4.69) is 27.7 Å². The third kappa shape index (κ3) is 6.61. The van der Waals surface area contributed by atoms with E-state index in [1.54, 1.807) is 0 Å². The van der Waals surface area contributed by atoms with Crippen LogP contribution in [0.15, 0.2) is 48.5 Å². The Morgan fingerprint density at radius 3 is 1.36 bits per heavy atom. The first kappa shape index (κ1) is 19.0. The van der Waals surface area contributed by atoms with E-state index in [-0.39, 0.29) is 7.69 Å². The Balaban J connectivity index is 1.93. The lowest BCUT2D eigenvalue weighted by Gasteiger charge is -2.16. The number of benzene rings is 2. The summed E-state index contributed by atoms with van der Waals surface area (Å²) >= 11 is 0. The summed E-state index contributed by atoms with van der Waals surface area (Å²) in [5, 5.41) is 0. The van der Waals surface area contributed by atoms with E-state index in [4.69, 9.17) is 18.8 Å². The van der Waals surface area contributed by atoms with Gasteiger partial charge in [-0.15, -0.1) is 0 Å². The van der Waals surface area contributed by atoms with Crippen molar-refractivity contribution >= 4 is 7.69 Å². The Bertz CT molecular complexity index is 588. The molecule has 4 nitrogen and oxygen atoms in total. The second kappa shape index (κ2) is 9.87. The van der Waals surface area contributed by atoms with Crippen LogP contribution in [0.1, 0.15) is 27.7 Å². The molecule has 0 bridgehead atoms. The van der Waals surface area contributed by atoms with Crippen LogP contribution in [0.25, 0.3) is 0 Å². The number of ether oxygens (including phenoxy) is 2. The summed E-state index contributed by atoms with van der Waals surface area (Å²) in [7, 11) is 0.0874. The average molecular weight is 342 g/mol. The smallest absolute Gasteiger partial charge is 0.526 e. The zero-order valence-electron chi connectivity index (χ0n) is 15.5. The van der Waals surface area contributed by atoms with Gasteiger partial charge < -0.3 is 18.8 Å². The van der Waals surface area contributed by atoms with Gasteiger partial charge in [0.1, 0.15) is 11.5 Å². The molecule has 0 amide bonds. The minimum absolute atomic E-state index is 0.0874. The summed E-state index contributed by atoms with van der Waals surface area (Å²) in [4.78, 5) is 0. The molecule has 0 atom stereocenters. The molecule has 2 aromatic rings. The van der Waals surface area contributed by atoms with Crippen LogP contribution in [-0.2, 0) is 0 Å². The highest BCUT2D eigenvalue weighted by Crippen LogP contribution is 2.29. The molecule has 0 aliphatic heterocycles. The quantitative estimate of drug-likeness (QED) is 0.597. The maximum Gasteiger partial charge on any atom is 0.576 e. The molecule has 2 rings (SSSR count). The van der Waals surface area contributed by atoms with Gasteiger partial charge in [-0.3, -0.25) is 0 Å². The van der Waals surface area contributed by atoms with Gasteiger partial charge in [-0.25, -0.2) is 0 Å². The lowest BCUT2D eigenvalue weighted by atomic mass is 10.2. The summed E-state index contributed by atoms with van der Waals surface area (Å²) in [6.45, 7) is 9.74. The van der Waals surface area contributed by atoms with Crippen molar-refractivity contribution in [3.8, 4) is 23.0 Å². The van der Waals surface area contributed by atoms with E-state index in [1.807, 2.05) is 48.5 Å². The van der Waals surface area contributed by atoms with Crippen molar-refractivity contribution in [2.75, 3.05) is 13.2 Å². The lowest BCUT2D eigenvalue weighted by molar-refractivity contribution is 0.259. The first-order valence-corrected chi connectivity index (χ1v) is 8.75. The third-order valence-corrected chi connectivity index (χ3v) is 3.27. The van der Waals surface area contributed by atoms with E-state index >= 15 is 0 Å². The van der Waals surface area contributed by atoms with Gasteiger partial charge in [0.25, 0.3) is 0 Å². The Morgan fingerprint density at radius 1 is 0.640 bits per heavy atom. The van der Waals surface area contributed by atoms with Gasteiger partial charge in [0.2, 0.25) is 0 Å². The highest BCUT2D eigenvalue weighted by atomic mass is 16.6. The molecule has 0 aromatic heterocycles. The Kier molecular flexibility index (Phi) is 7.51. The number of hydrogen-bond acceptors (Lipinski definition) is 4. The maximum absolute atomic E-state index is 5.78. The van der Waals surface area contributed by atoms with Crippen LogP contribution in [0.3, 0.4) is 0 Å². The van der Waals surface area contributed by atoms with Crippen molar-refractivity contribution in [2.45, 2.75) is 27.7 Å². The van der Waals surface area contributed by atoms with Gasteiger partial charge in [0.15, 0.2) is 11.5 Å². The van der Waals surface area contributed by atoms with Crippen LogP contribution in [0.4, 0.5) is 0 Å². The lowest BCUT2D eigenvalue weighted by Crippen LogP contribution is -2.14. The second-order valence-electron chi connectivity index (χ2n) is 6.71. The van der Waals surface area contributed by atoms with Gasteiger partial charge in [0, 0.05) is 0 Å². The fourth-order valence-electron chi connectivity index (χ4n) is 2.05. The van der Waals surface area contributed by atoms with E-state index in [0.29, 0.717) is 36.5 Å². The topological polar surface area (TPSA) is 36.9 Å². The molecule has 0 aliphatic rings. The Morgan fingerprint density at radius 2 is 1.00 bits per heavy atom. The van der Waals surface area contributed by atoms with Gasteiger partial charge >= 0.3 is 7.69 Å². The first-order chi connectivity index (χ1) is 12.1. The number of para-hydroxylation sites is 4. The molecule has 0 radical (unpaired) electrons. The normalized spacial score (nSPS) is 10.6. The van der Waals surface area contributed by atoms with Crippen LogP contribution >= 0.6 is 0 Å². The molecule has 0 fully saturated rings. The van der Waals surface area contributed by atoms with E-state index in [1.165, 1.54) is 0 Å². The van der Waals surface area contributed by atoms with Crippen LogP contribution in [0.5, 0.6) is 23.0 Å². The van der Waals surface area contributed by atoms with Gasteiger partial charge in [0.05, 0.1) is 13.2 Å². The molecule has 134 valence electrons. The molecule has 0 unspecified atom stereocenters. The standard InChI is InChI=1S/C20H27BO4/c1-15(2)13-22-17-9-5-7-11-19(17)24-21-25-20-12-8-6-10-18(20)23-14-16(3)4/h5-12,15-16,21H,13-14H2,1-4H3. The van der Waals surface area contributed by atoms with E-state index in [0.717, 1.165) is 11.5 Å². The average Bonchev–Trinajstić information content (AvgIpc) is 2.60. The molecule has 5 heteroatoms. The maximum atomic E-state index is 5.78. The fourth-order valence-corrected chi connectivity index (χ4v) is 2.05. The zero-order chi connectivity index (χ0) is 18.1. The van der Waals surface area contributed by atoms with Crippen LogP contribution in [-0.4, -0.2) is 20.9 Å². The molecule has 25 heavy (non-hydrogen) atoms. The highest BCUT2D eigenvalue weighted by molar-refractivity contribution is 6.21. The number of hydrogen-bond donors (Lipinski definition) is 0. The predicted octanol–water partition coefficient (Wildman–Crippen LogP) is 4.48. The van der Waals surface area contributed by atoms with Crippen molar-refractivity contribution < 1.29 is 18.8 Å².